The van der Waals surface area contributed by atoms with Crippen LogP contribution < -0.4 is 0 Å². The molecular weight excluding hydrogens is 967 g/mol. The Morgan fingerprint density at radius 3 is 1.74 bits per heavy atom. The van der Waals surface area contributed by atoms with Gasteiger partial charge in [-0.2, -0.15) is 0 Å². The molecule has 1 aliphatic carbocycles. The second kappa shape index (κ2) is 20.2. The molecule has 0 saturated heterocycles. The Hall–Kier alpha value is -5.80. The van der Waals surface area contributed by atoms with Crippen molar-refractivity contribution >= 4 is 0 Å². The Kier molecular flexibility index (Phi) is 11.6. The molecule has 3 nitrogen and oxygen atoms in total. The van der Waals surface area contributed by atoms with Gasteiger partial charge in [-0.25, -0.2) is 0 Å². The number of aryl methyl sites for hydroxylation is 3. The minimum atomic E-state index is -2.62. The molecule has 0 aliphatic heterocycles. The fraction of sp³-hybridized carbons (Fsp3) is 0.262. The molecule has 0 bridgehead atoms. The molecule has 4 heteroatoms. The van der Waals surface area contributed by atoms with Crippen molar-refractivity contribution in [2.24, 2.45) is 0 Å². The SMILES string of the molecule is [2H]C([2H])([2H])c1cc[c-]c(-c2cc(-c3cccc(C4CCCC4)c3)c(C([2H])([2H])C([2H])([2H])c3cc(CC(C)(C)c4ccc(-c5[c-]cccc5)nc4)cc(CC(C)(C)c4ccc(-c5[c-]cccc5)nc4)c3)cn2)c1.[Ir+3]. The Labute approximate surface area is 411 Å². The number of pyridine rings is 3. The van der Waals surface area contributed by atoms with Crippen LogP contribution in [-0.2, 0) is 56.5 Å². The summed E-state index contributed by atoms with van der Waals surface area (Å²) >= 11 is 0. The van der Waals surface area contributed by atoms with Gasteiger partial charge in [-0.15, -0.1) is 107 Å². The number of nitrogens with zero attached hydrogens (tertiary/aromatic N) is 3. The van der Waals surface area contributed by atoms with Crippen LogP contribution in [-0.4, -0.2) is 15.0 Å². The van der Waals surface area contributed by atoms with Crippen molar-refractivity contribution in [1.82, 2.24) is 15.0 Å². The molecule has 0 amide bonds. The Bertz CT molecular complexity index is 3010. The van der Waals surface area contributed by atoms with Crippen LogP contribution in [0.3, 0.4) is 0 Å². The standard InChI is InChI=1S/C61H58N3.Ir/c1-43-16-14-25-52(32-43)59-37-56(51-24-15-23-50(36-51)47-17-12-13-18-47)53(40-62-59)27-26-44-33-45(38-60(2,3)54-28-30-57(63-41-54)48-19-8-6-9-20-48)35-46(34-44)39-61(4,5)55-29-31-58(64-42-55)49-21-10-7-11-22-49;/h6-11,14-16,19,21,23-24,28-37,40-42,47H,12-13,17-18,26-27,38-39H2,1-5H3;/q-3;+3/i1D3,26D2,27D2;. The molecule has 3 heterocycles. The molecule has 0 spiro atoms. The minimum absolute atomic E-state index is 0. The summed E-state index contributed by atoms with van der Waals surface area (Å²) in [6.45, 7) is 6.28. The van der Waals surface area contributed by atoms with Gasteiger partial charge in [0.25, 0.3) is 0 Å². The van der Waals surface area contributed by atoms with Gasteiger partial charge >= 0.3 is 20.1 Å². The zero-order valence-corrected chi connectivity index (χ0v) is 39.9. The molecule has 9 rings (SSSR count). The summed E-state index contributed by atoms with van der Waals surface area (Å²) in [4.78, 5) is 14.4. The van der Waals surface area contributed by atoms with Crippen molar-refractivity contribution in [1.29, 1.82) is 0 Å². The van der Waals surface area contributed by atoms with Gasteiger partial charge in [0, 0.05) is 28.2 Å². The van der Waals surface area contributed by atoms with Crippen molar-refractivity contribution < 1.29 is 29.7 Å². The largest absolute Gasteiger partial charge is 3.00 e. The van der Waals surface area contributed by atoms with Gasteiger partial charge in [0.1, 0.15) is 0 Å². The van der Waals surface area contributed by atoms with E-state index in [4.69, 9.17) is 19.1 Å². The Morgan fingerprint density at radius 2 is 1.17 bits per heavy atom. The van der Waals surface area contributed by atoms with Crippen LogP contribution in [0.15, 0.2) is 158 Å². The van der Waals surface area contributed by atoms with Crippen LogP contribution in [0.1, 0.15) is 113 Å². The molecule has 0 atom stereocenters. The number of hydrogen-bond acceptors (Lipinski definition) is 3. The monoisotopic (exact) mass is 1030 g/mol. The third kappa shape index (κ3) is 11.0. The summed E-state index contributed by atoms with van der Waals surface area (Å²) < 4.78 is 64.3. The number of rotatable bonds is 14. The summed E-state index contributed by atoms with van der Waals surface area (Å²) in [5.74, 6) is 0.383. The first-order valence-electron chi connectivity index (χ1n) is 25.9. The van der Waals surface area contributed by atoms with E-state index in [2.05, 4.69) is 76.2 Å². The molecule has 1 aliphatic rings. The van der Waals surface area contributed by atoms with Gasteiger partial charge in [0.2, 0.25) is 0 Å². The van der Waals surface area contributed by atoms with Crippen LogP contribution in [0, 0.1) is 25.1 Å². The van der Waals surface area contributed by atoms with Gasteiger partial charge in [-0.05, 0) is 122 Å². The quantitative estimate of drug-likeness (QED) is 0.102. The normalized spacial score (nSPS) is 15.4. The molecular formula is C61H58IrN3. The zero-order chi connectivity index (χ0) is 50.2. The molecule has 0 radical (unpaired) electrons. The van der Waals surface area contributed by atoms with E-state index in [-0.39, 0.29) is 36.8 Å². The van der Waals surface area contributed by atoms with E-state index in [1.54, 1.807) is 18.2 Å². The molecule has 8 aromatic rings. The molecule has 0 N–H and O–H groups in total. The van der Waals surface area contributed by atoms with Crippen molar-refractivity contribution in [3.8, 4) is 44.9 Å². The van der Waals surface area contributed by atoms with Crippen LogP contribution in [0.5, 0.6) is 0 Å². The minimum Gasteiger partial charge on any atom is -0.304 e. The average Bonchev–Trinajstić information content (AvgIpc) is 3.92. The smallest absolute Gasteiger partial charge is 0.304 e. The number of hydrogen-bond donors (Lipinski definition) is 0. The maximum absolute atomic E-state index is 10.0. The van der Waals surface area contributed by atoms with E-state index in [0.29, 0.717) is 35.6 Å². The third-order valence-corrected chi connectivity index (χ3v) is 12.8. The van der Waals surface area contributed by atoms with Crippen LogP contribution >= 0.6 is 0 Å². The van der Waals surface area contributed by atoms with E-state index in [9.17, 15) is 5.48 Å². The summed E-state index contributed by atoms with van der Waals surface area (Å²) in [6.07, 6.45) is 5.56. The van der Waals surface area contributed by atoms with Gasteiger partial charge in [0.05, 0.1) is 0 Å². The van der Waals surface area contributed by atoms with Gasteiger partial charge in [0.15, 0.2) is 0 Å². The topological polar surface area (TPSA) is 38.7 Å². The first-order chi connectivity index (χ1) is 33.8. The Balaban J connectivity index is 0.00000693. The predicted molar refractivity (Wildman–Crippen MR) is 264 cm³/mol. The molecule has 0 unspecified atom stereocenters. The van der Waals surface area contributed by atoms with Crippen LogP contribution in [0.4, 0.5) is 0 Å². The van der Waals surface area contributed by atoms with Crippen molar-refractivity contribution in [3.05, 3.63) is 221 Å². The summed E-state index contributed by atoms with van der Waals surface area (Å²) in [5.41, 5.74) is 10.1. The Morgan fingerprint density at radius 1 is 0.569 bits per heavy atom. The van der Waals surface area contributed by atoms with E-state index >= 15 is 0 Å². The average molecular weight is 1030 g/mol. The summed E-state index contributed by atoms with van der Waals surface area (Å²) in [6, 6.07) is 53.8. The first-order valence-corrected chi connectivity index (χ1v) is 22.4. The molecule has 326 valence electrons. The van der Waals surface area contributed by atoms with Crippen molar-refractivity contribution in [2.45, 2.75) is 103 Å². The van der Waals surface area contributed by atoms with Gasteiger partial charge < -0.3 is 15.0 Å². The second-order valence-corrected chi connectivity index (χ2v) is 18.5. The van der Waals surface area contributed by atoms with Gasteiger partial charge in [-0.3, -0.25) is 0 Å². The summed E-state index contributed by atoms with van der Waals surface area (Å²) in [5, 5.41) is 0. The molecule has 1 fully saturated rings. The fourth-order valence-electron chi connectivity index (χ4n) is 9.19. The molecule has 5 aromatic carbocycles. The predicted octanol–water partition coefficient (Wildman–Crippen LogP) is 14.7. The third-order valence-electron chi connectivity index (χ3n) is 12.8. The number of aromatic nitrogens is 3. The molecule has 1 saturated carbocycles. The van der Waals surface area contributed by atoms with Crippen molar-refractivity contribution in [2.75, 3.05) is 0 Å². The molecule has 3 aromatic heterocycles. The van der Waals surface area contributed by atoms with E-state index in [0.717, 1.165) is 81.6 Å². The maximum atomic E-state index is 10.0. The van der Waals surface area contributed by atoms with E-state index in [1.165, 1.54) is 12.3 Å². The maximum Gasteiger partial charge on any atom is 3.00 e. The fourth-order valence-corrected chi connectivity index (χ4v) is 9.19. The van der Waals surface area contributed by atoms with Crippen LogP contribution in [0.25, 0.3) is 44.9 Å². The second-order valence-electron chi connectivity index (χ2n) is 18.5. The van der Waals surface area contributed by atoms with Gasteiger partial charge in [-0.1, -0.05) is 120 Å². The zero-order valence-electron chi connectivity index (χ0n) is 44.5. The van der Waals surface area contributed by atoms with Crippen molar-refractivity contribution in [3.63, 3.8) is 0 Å². The number of benzene rings is 5. The van der Waals surface area contributed by atoms with Crippen LogP contribution in [0.2, 0.25) is 0 Å². The van der Waals surface area contributed by atoms with E-state index < -0.39 is 30.4 Å². The first kappa shape index (κ1) is 37.4. The molecule has 65 heavy (non-hydrogen) atoms. The van der Waals surface area contributed by atoms with E-state index in [1.807, 2.05) is 97.3 Å². The summed E-state index contributed by atoms with van der Waals surface area (Å²) in [7, 11) is 0.